The van der Waals surface area contributed by atoms with E-state index in [1.165, 1.54) is 25.0 Å². The number of H-pyrrole nitrogens is 1. The van der Waals surface area contributed by atoms with Gasteiger partial charge in [0.15, 0.2) is 0 Å². The summed E-state index contributed by atoms with van der Waals surface area (Å²) in [5, 5.41) is 18.4. The van der Waals surface area contributed by atoms with Crippen molar-refractivity contribution >= 4 is 16.6 Å². The van der Waals surface area contributed by atoms with Gasteiger partial charge in [0.2, 0.25) is 5.88 Å². The predicted octanol–water partition coefficient (Wildman–Crippen LogP) is 2.79. The van der Waals surface area contributed by atoms with Crippen molar-refractivity contribution in [3.05, 3.63) is 28.3 Å². The Labute approximate surface area is 103 Å². The SMILES string of the molecule is O=[N+]([O-])c1ccc2[nH]nc(OC3CCCC3)c2c1. The Morgan fingerprint density at radius 2 is 2.17 bits per heavy atom. The molecule has 2 aromatic rings. The smallest absolute Gasteiger partial charge is 0.270 e. The Morgan fingerprint density at radius 3 is 2.89 bits per heavy atom. The fourth-order valence-electron chi connectivity index (χ4n) is 2.35. The minimum atomic E-state index is -0.411. The summed E-state index contributed by atoms with van der Waals surface area (Å²) < 4.78 is 5.80. The summed E-state index contributed by atoms with van der Waals surface area (Å²) >= 11 is 0. The van der Waals surface area contributed by atoms with Crippen LogP contribution in [0.1, 0.15) is 25.7 Å². The lowest BCUT2D eigenvalue weighted by Gasteiger charge is -2.09. The topological polar surface area (TPSA) is 81.0 Å². The average Bonchev–Trinajstić information content (AvgIpc) is 2.99. The van der Waals surface area contributed by atoms with Crippen molar-refractivity contribution in [2.75, 3.05) is 0 Å². The molecule has 0 amide bonds. The molecule has 1 aromatic carbocycles. The number of non-ortho nitro benzene ring substituents is 1. The number of aromatic nitrogens is 2. The van der Waals surface area contributed by atoms with E-state index in [0.717, 1.165) is 18.4 Å². The predicted molar refractivity (Wildman–Crippen MR) is 65.6 cm³/mol. The van der Waals surface area contributed by atoms with E-state index < -0.39 is 4.92 Å². The maximum Gasteiger partial charge on any atom is 0.270 e. The fraction of sp³-hybridized carbons (Fsp3) is 0.417. The molecule has 0 atom stereocenters. The Morgan fingerprint density at radius 1 is 1.39 bits per heavy atom. The number of aromatic amines is 1. The maximum absolute atomic E-state index is 10.8. The standard InChI is InChI=1S/C12H13N3O3/c16-15(17)8-5-6-11-10(7-8)12(14-13-11)18-9-3-1-2-4-9/h5-7,9H,1-4H2,(H,13,14). The molecule has 1 saturated carbocycles. The zero-order valence-corrected chi connectivity index (χ0v) is 9.76. The first-order valence-corrected chi connectivity index (χ1v) is 6.03. The highest BCUT2D eigenvalue weighted by atomic mass is 16.6. The Balaban J connectivity index is 1.95. The summed E-state index contributed by atoms with van der Waals surface area (Å²) in [6.45, 7) is 0. The summed E-state index contributed by atoms with van der Waals surface area (Å²) in [6, 6.07) is 4.62. The van der Waals surface area contributed by atoms with Gasteiger partial charge in [-0.2, -0.15) is 0 Å². The molecule has 0 bridgehead atoms. The maximum atomic E-state index is 10.8. The van der Waals surface area contributed by atoms with Gasteiger partial charge in [0.1, 0.15) is 6.10 Å². The Bertz CT molecular complexity index is 587. The van der Waals surface area contributed by atoms with E-state index in [4.69, 9.17) is 4.74 Å². The number of hydrogen-bond donors (Lipinski definition) is 1. The molecule has 18 heavy (non-hydrogen) atoms. The van der Waals surface area contributed by atoms with Gasteiger partial charge in [0.25, 0.3) is 5.69 Å². The third kappa shape index (κ3) is 1.90. The molecule has 0 aliphatic heterocycles. The second-order valence-corrected chi connectivity index (χ2v) is 4.54. The second-order valence-electron chi connectivity index (χ2n) is 4.54. The van der Waals surface area contributed by atoms with Gasteiger partial charge in [-0.25, -0.2) is 0 Å². The van der Waals surface area contributed by atoms with Gasteiger partial charge < -0.3 is 4.74 Å². The quantitative estimate of drug-likeness (QED) is 0.668. The molecular formula is C12H13N3O3. The summed E-state index contributed by atoms with van der Waals surface area (Å²) in [4.78, 5) is 10.3. The van der Waals surface area contributed by atoms with E-state index in [0.29, 0.717) is 11.3 Å². The molecule has 1 fully saturated rings. The van der Waals surface area contributed by atoms with E-state index in [2.05, 4.69) is 10.2 Å². The van der Waals surface area contributed by atoms with Crippen LogP contribution in [0.4, 0.5) is 5.69 Å². The summed E-state index contributed by atoms with van der Waals surface area (Å²) in [5.74, 6) is 0.473. The number of benzene rings is 1. The highest BCUT2D eigenvalue weighted by Crippen LogP contribution is 2.30. The Kier molecular flexibility index (Phi) is 2.62. The van der Waals surface area contributed by atoms with Crippen LogP contribution in [0.3, 0.4) is 0 Å². The molecule has 0 saturated heterocycles. The van der Waals surface area contributed by atoms with Crippen molar-refractivity contribution in [3.63, 3.8) is 0 Å². The van der Waals surface area contributed by atoms with Gasteiger partial charge in [-0.3, -0.25) is 15.2 Å². The average molecular weight is 247 g/mol. The summed E-state index contributed by atoms with van der Waals surface area (Å²) in [6.07, 6.45) is 4.60. The number of ether oxygens (including phenoxy) is 1. The molecule has 6 heteroatoms. The molecule has 0 unspecified atom stereocenters. The first-order chi connectivity index (χ1) is 8.74. The highest BCUT2D eigenvalue weighted by Gasteiger charge is 2.20. The molecular weight excluding hydrogens is 234 g/mol. The molecule has 1 heterocycles. The molecule has 1 aliphatic rings. The van der Waals surface area contributed by atoms with Crippen LogP contribution in [0.25, 0.3) is 10.9 Å². The number of nitro groups is 1. The lowest BCUT2D eigenvalue weighted by Crippen LogP contribution is -2.11. The lowest BCUT2D eigenvalue weighted by atomic mass is 10.2. The lowest BCUT2D eigenvalue weighted by molar-refractivity contribution is -0.384. The van der Waals surface area contributed by atoms with Gasteiger partial charge in [0, 0.05) is 12.1 Å². The minimum absolute atomic E-state index is 0.0557. The Hall–Kier alpha value is -2.11. The van der Waals surface area contributed by atoms with Crippen molar-refractivity contribution < 1.29 is 9.66 Å². The van der Waals surface area contributed by atoms with Crippen molar-refractivity contribution in [2.24, 2.45) is 0 Å². The zero-order valence-electron chi connectivity index (χ0n) is 9.76. The number of hydrogen-bond acceptors (Lipinski definition) is 4. The van der Waals surface area contributed by atoms with Crippen molar-refractivity contribution in [1.82, 2.24) is 10.2 Å². The van der Waals surface area contributed by atoms with E-state index in [1.54, 1.807) is 6.07 Å². The molecule has 0 spiro atoms. The van der Waals surface area contributed by atoms with E-state index in [1.807, 2.05) is 0 Å². The van der Waals surface area contributed by atoms with Crippen LogP contribution in [-0.2, 0) is 0 Å². The summed E-state index contributed by atoms with van der Waals surface area (Å²) in [5.41, 5.74) is 0.814. The molecule has 0 radical (unpaired) electrons. The summed E-state index contributed by atoms with van der Waals surface area (Å²) in [7, 11) is 0. The number of nitrogens with zero attached hydrogens (tertiary/aromatic N) is 2. The normalized spacial score (nSPS) is 16.2. The van der Waals surface area contributed by atoms with Crippen molar-refractivity contribution in [1.29, 1.82) is 0 Å². The van der Waals surface area contributed by atoms with Gasteiger partial charge >= 0.3 is 0 Å². The van der Waals surface area contributed by atoms with Crippen LogP contribution in [-0.4, -0.2) is 21.2 Å². The molecule has 3 rings (SSSR count). The van der Waals surface area contributed by atoms with Crippen LogP contribution >= 0.6 is 0 Å². The van der Waals surface area contributed by atoms with Gasteiger partial charge in [-0.05, 0) is 31.7 Å². The van der Waals surface area contributed by atoms with Crippen molar-refractivity contribution in [2.45, 2.75) is 31.8 Å². The van der Waals surface area contributed by atoms with Crippen LogP contribution in [0.5, 0.6) is 5.88 Å². The second kappa shape index (κ2) is 4.29. The third-order valence-corrected chi connectivity index (χ3v) is 3.30. The molecule has 6 nitrogen and oxygen atoms in total. The molecule has 1 aliphatic carbocycles. The zero-order chi connectivity index (χ0) is 12.5. The van der Waals surface area contributed by atoms with E-state index in [9.17, 15) is 10.1 Å². The third-order valence-electron chi connectivity index (χ3n) is 3.30. The number of nitrogens with one attached hydrogen (secondary N) is 1. The monoisotopic (exact) mass is 247 g/mol. The number of nitro benzene ring substituents is 1. The van der Waals surface area contributed by atoms with Crippen LogP contribution < -0.4 is 4.74 Å². The first kappa shape index (κ1) is 11.0. The van der Waals surface area contributed by atoms with Gasteiger partial charge in [-0.15, -0.1) is 5.10 Å². The number of fused-ring (bicyclic) bond motifs is 1. The number of rotatable bonds is 3. The fourth-order valence-corrected chi connectivity index (χ4v) is 2.35. The van der Waals surface area contributed by atoms with Gasteiger partial charge in [-0.1, -0.05) is 0 Å². The molecule has 1 aromatic heterocycles. The largest absolute Gasteiger partial charge is 0.473 e. The highest BCUT2D eigenvalue weighted by molar-refractivity contribution is 5.86. The van der Waals surface area contributed by atoms with E-state index >= 15 is 0 Å². The van der Waals surface area contributed by atoms with Crippen LogP contribution in [0.2, 0.25) is 0 Å². The first-order valence-electron chi connectivity index (χ1n) is 6.03. The van der Waals surface area contributed by atoms with E-state index in [-0.39, 0.29) is 11.8 Å². The van der Waals surface area contributed by atoms with Gasteiger partial charge in [0.05, 0.1) is 15.8 Å². The molecule has 1 N–H and O–H groups in total. The van der Waals surface area contributed by atoms with Crippen molar-refractivity contribution in [3.8, 4) is 5.88 Å². The van der Waals surface area contributed by atoms with Crippen LogP contribution in [0.15, 0.2) is 18.2 Å². The molecule has 94 valence electrons. The minimum Gasteiger partial charge on any atom is -0.473 e. The van der Waals surface area contributed by atoms with Crippen LogP contribution in [0, 0.1) is 10.1 Å².